The zero-order valence-corrected chi connectivity index (χ0v) is 11.7. The van der Waals surface area contributed by atoms with E-state index >= 15 is 0 Å². The molecule has 0 bridgehead atoms. The van der Waals surface area contributed by atoms with Crippen molar-refractivity contribution in [1.82, 2.24) is 4.90 Å². The van der Waals surface area contributed by atoms with E-state index in [9.17, 15) is 0 Å². The van der Waals surface area contributed by atoms with E-state index in [1.165, 1.54) is 51.6 Å². The number of allylic oxidation sites excluding steroid dienone is 1. The van der Waals surface area contributed by atoms with Crippen molar-refractivity contribution in [2.24, 2.45) is 0 Å². The topological polar surface area (TPSA) is 3.24 Å². The van der Waals surface area contributed by atoms with E-state index in [0.717, 1.165) is 13.0 Å². The van der Waals surface area contributed by atoms with Gasteiger partial charge >= 0.3 is 0 Å². The highest BCUT2D eigenvalue weighted by Gasteiger charge is 2.01. The maximum atomic E-state index is 2.61. The summed E-state index contributed by atoms with van der Waals surface area (Å²) in [4.78, 5) is 2.61. The second-order valence-corrected chi connectivity index (χ2v) is 4.59. The molecular formula is C15H31N. The van der Waals surface area contributed by atoms with Crippen molar-refractivity contribution in [3.05, 3.63) is 12.2 Å². The van der Waals surface area contributed by atoms with Crippen LogP contribution in [0.4, 0.5) is 0 Å². The summed E-state index contributed by atoms with van der Waals surface area (Å²) in [5.41, 5.74) is 0. The molecule has 0 fully saturated rings. The van der Waals surface area contributed by atoms with E-state index in [2.05, 4.69) is 37.8 Å². The smallest absolute Gasteiger partial charge is 0.0163 e. The average Bonchev–Trinajstić information content (AvgIpc) is 2.29. The Labute approximate surface area is 103 Å². The minimum absolute atomic E-state index is 1.15. The SMILES string of the molecule is CC/C=C/CN(CCCCC)CCCCC. The Hall–Kier alpha value is -0.300. The standard InChI is InChI=1S/C15H31N/c1-4-7-10-13-16(14-11-8-5-2)15-12-9-6-3/h7,10H,4-6,8-9,11-15H2,1-3H3/b10-7+. The Kier molecular flexibility index (Phi) is 12.5. The van der Waals surface area contributed by atoms with Crippen LogP contribution < -0.4 is 0 Å². The van der Waals surface area contributed by atoms with Crippen LogP contribution in [0.25, 0.3) is 0 Å². The molecule has 96 valence electrons. The van der Waals surface area contributed by atoms with Crippen LogP contribution in [0.15, 0.2) is 12.2 Å². The van der Waals surface area contributed by atoms with Gasteiger partial charge in [-0.15, -0.1) is 0 Å². The molecule has 0 aliphatic heterocycles. The maximum absolute atomic E-state index is 2.61. The Bertz CT molecular complexity index is 142. The molecule has 0 atom stereocenters. The second kappa shape index (κ2) is 12.8. The number of rotatable bonds is 11. The number of unbranched alkanes of at least 4 members (excludes halogenated alkanes) is 4. The number of hydrogen-bond acceptors (Lipinski definition) is 1. The Morgan fingerprint density at radius 3 is 1.75 bits per heavy atom. The van der Waals surface area contributed by atoms with Crippen LogP contribution in [-0.4, -0.2) is 24.5 Å². The van der Waals surface area contributed by atoms with Crippen molar-refractivity contribution in [1.29, 1.82) is 0 Å². The fraction of sp³-hybridized carbons (Fsp3) is 0.867. The van der Waals surface area contributed by atoms with E-state index in [0.29, 0.717) is 0 Å². The monoisotopic (exact) mass is 225 g/mol. The van der Waals surface area contributed by atoms with Gasteiger partial charge in [0.1, 0.15) is 0 Å². The predicted molar refractivity (Wildman–Crippen MR) is 74.9 cm³/mol. The first-order chi connectivity index (χ1) is 7.85. The lowest BCUT2D eigenvalue weighted by atomic mass is 10.2. The highest BCUT2D eigenvalue weighted by Crippen LogP contribution is 2.03. The predicted octanol–water partition coefficient (Wildman–Crippen LogP) is 4.64. The van der Waals surface area contributed by atoms with E-state index in [1.807, 2.05) is 0 Å². The van der Waals surface area contributed by atoms with E-state index in [1.54, 1.807) is 0 Å². The van der Waals surface area contributed by atoms with Crippen LogP contribution in [0.1, 0.15) is 65.7 Å². The van der Waals surface area contributed by atoms with Gasteiger partial charge in [0.05, 0.1) is 0 Å². The zero-order chi connectivity index (χ0) is 12.1. The first-order valence-electron chi connectivity index (χ1n) is 7.22. The summed E-state index contributed by atoms with van der Waals surface area (Å²) < 4.78 is 0. The highest BCUT2D eigenvalue weighted by molar-refractivity contribution is 4.83. The van der Waals surface area contributed by atoms with Crippen LogP contribution in [0.5, 0.6) is 0 Å². The quantitative estimate of drug-likeness (QED) is 0.366. The third-order valence-electron chi connectivity index (χ3n) is 2.92. The third-order valence-corrected chi connectivity index (χ3v) is 2.92. The largest absolute Gasteiger partial charge is 0.300 e. The summed E-state index contributed by atoms with van der Waals surface area (Å²) in [6.07, 6.45) is 13.9. The molecule has 0 N–H and O–H groups in total. The van der Waals surface area contributed by atoms with Gasteiger partial charge in [-0.05, 0) is 32.4 Å². The van der Waals surface area contributed by atoms with E-state index in [-0.39, 0.29) is 0 Å². The number of nitrogens with zero attached hydrogens (tertiary/aromatic N) is 1. The van der Waals surface area contributed by atoms with E-state index in [4.69, 9.17) is 0 Å². The molecular weight excluding hydrogens is 194 g/mol. The van der Waals surface area contributed by atoms with Gasteiger partial charge < -0.3 is 0 Å². The summed E-state index contributed by atoms with van der Waals surface area (Å²) >= 11 is 0. The molecule has 0 aromatic heterocycles. The fourth-order valence-corrected chi connectivity index (χ4v) is 1.86. The molecule has 0 amide bonds. The highest BCUT2D eigenvalue weighted by atomic mass is 15.1. The van der Waals surface area contributed by atoms with Crippen LogP contribution in [0, 0.1) is 0 Å². The van der Waals surface area contributed by atoms with Crippen molar-refractivity contribution in [2.45, 2.75) is 65.7 Å². The van der Waals surface area contributed by atoms with Crippen molar-refractivity contribution in [3.8, 4) is 0 Å². The van der Waals surface area contributed by atoms with Gasteiger partial charge in [-0.3, -0.25) is 4.90 Å². The van der Waals surface area contributed by atoms with Crippen LogP contribution in [-0.2, 0) is 0 Å². The lowest BCUT2D eigenvalue weighted by Gasteiger charge is -2.20. The molecule has 0 aromatic rings. The normalized spacial score (nSPS) is 11.8. The lowest BCUT2D eigenvalue weighted by Crippen LogP contribution is -2.26. The molecule has 0 rings (SSSR count). The minimum Gasteiger partial charge on any atom is -0.300 e. The molecule has 0 spiro atoms. The summed E-state index contributed by atoms with van der Waals surface area (Å²) in [5.74, 6) is 0. The lowest BCUT2D eigenvalue weighted by molar-refractivity contribution is 0.288. The summed E-state index contributed by atoms with van der Waals surface area (Å²) in [5, 5.41) is 0. The van der Waals surface area contributed by atoms with Gasteiger partial charge in [-0.25, -0.2) is 0 Å². The molecule has 0 aromatic carbocycles. The Balaban J connectivity index is 3.71. The zero-order valence-electron chi connectivity index (χ0n) is 11.7. The van der Waals surface area contributed by atoms with Crippen LogP contribution >= 0.6 is 0 Å². The van der Waals surface area contributed by atoms with Crippen LogP contribution in [0.2, 0.25) is 0 Å². The molecule has 0 aliphatic carbocycles. The van der Waals surface area contributed by atoms with Gasteiger partial charge in [0.15, 0.2) is 0 Å². The summed E-state index contributed by atoms with van der Waals surface area (Å²) in [6, 6.07) is 0. The molecule has 1 nitrogen and oxygen atoms in total. The first kappa shape index (κ1) is 15.7. The Morgan fingerprint density at radius 2 is 1.31 bits per heavy atom. The van der Waals surface area contributed by atoms with Crippen molar-refractivity contribution < 1.29 is 0 Å². The maximum Gasteiger partial charge on any atom is 0.0163 e. The van der Waals surface area contributed by atoms with Crippen molar-refractivity contribution in [2.75, 3.05) is 19.6 Å². The van der Waals surface area contributed by atoms with Gasteiger partial charge in [0.25, 0.3) is 0 Å². The number of hydrogen-bond donors (Lipinski definition) is 0. The molecule has 0 radical (unpaired) electrons. The average molecular weight is 225 g/mol. The molecule has 0 heterocycles. The minimum atomic E-state index is 1.15. The molecule has 1 heteroatoms. The van der Waals surface area contributed by atoms with E-state index < -0.39 is 0 Å². The molecule has 16 heavy (non-hydrogen) atoms. The summed E-state index contributed by atoms with van der Waals surface area (Å²) in [6.45, 7) is 10.5. The molecule has 0 unspecified atom stereocenters. The van der Waals surface area contributed by atoms with Gasteiger partial charge in [0, 0.05) is 6.54 Å². The van der Waals surface area contributed by atoms with Crippen LogP contribution in [0.3, 0.4) is 0 Å². The first-order valence-corrected chi connectivity index (χ1v) is 7.22. The molecule has 0 saturated carbocycles. The van der Waals surface area contributed by atoms with Gasteiger partial charge in [-0.2, -0.15) is 0 Å². The summed E-state index contributed by atoms with van der Waals surface area (Å²) in [7, 11) is 0. The third kappa shape index (κ3) is 10.2. The fourth-order valence-electron chi connectivity index (χ4n) is 1.86. The van der Waals surface area contributed by atoms with Gasteiger partial charge in [0.2, 0.25) is 0 Å². The molecule has 0 aliphatic rings. The second-order valence-electron chi connectivity index (χ2n) is 4.59. The Morgan fingerprint density at radius 1 is 0.750 bits per heavy atom. The molecule has 0 saturated heterocycles. The van der Waals surface area contributed by atoms with Crippen molar-refractivity contribution in [3.63, 3.8) is 0 Å². The van der Waals surface area contributed by atoms with Gasteiger partial charge in [-0.1, -0.05) is 58.6 Å². The van der Waals surface area contributed by atoms with Crippen molar-refractivity contribution >= 4 is 0 Å².